The summed E-state index contributed by atoms with van der Waals surface area (Å²) in [6.45, 7) is 1.76. The first-order valence-corrected chi connectivity index (χ1v) is 7.85. The Balaban J connectivity index is 2.44. The van der Waals surface area contributed by atoms with Crippen LogP contribution in [0.4, 0.5) is 5.69 Å². The van der Waals surface area contributed by atoms with Crippen molar-refractivity contribution >= 4 is 27.3 Å². The second kappa shape index (κ2) is 5.83. The smallest absolute Gasteiger partial charge is 0.262 e. The monoisotopic (exact) mass is 327 g/mol. The number of anilines is 1. The van der Waals surface area contributed by atoms with Gasteiger partial charge in [0, 0.05) is 17.2 Å². The van der Waals surface area contributed by atoms with E-state index < -0.39 is 10.0 Å². The number of phenols is 1. The van der Waals surface area contributed by atoms with Crippen LogP contribution in [0.1, 0.15) is 5.56 Å². The maximum Gasteiger partial charge on any atom is 0.262 e. The molecule has 0 aliphatic rings. The van der Waals surface area contributed by atoms with Crippen molar-refractivity contribution in [3.8, 4) is 11.5 Å². The molecule has 2 rings (SSSR count). The SMILES string of the molecule is COc1cc(Cl)c(C)cc1NS(=O)(=O)c1cccc(O)c1. The maximum atomic E-state index is 12.3. The molecule has 0 heterocycles. The number of nitrogens with one attached hydrogen (secondary N) is 1. The molecule has 0 saturated heterocycles. The fraction of sp³-hybridized carbons (Fsp3) is 0.143. The number of aromatic hydroxyl groups is 1. The van der Waals surface area contributed by atoms with Gasteiger partial charge in [0.2, 0.25) is 0 Å². The summed E-state index contributed by atoms with van der Waals surface area (Å²) in [5.41, 5.74) is 0.994. The van der Waals surface area contributed by atoms with Gasteiger partial charge >= 0.3 is 0 Å². The van der Waals surface area contributed by atoms with Crippen LogP contribution in [0.25, 0.3) is 0 Å². The number of halogens is 1. The number of benzene rings is 2. The zero-order valence-corrected chi connectivity index (χ0v) is 13.0. The molecule has 0 unspecified atom stereocenters. The summed E-state index contributed by atoms with van der Waals surface area (Å²) in [6.07, 6.45) is 0. The summed E-state index contributed by atoms with van der Waals surface area (Å²) in [5, 5.41) is 9.87. The van der Waals surface area contributed by atoms with E-state index in [0.717, 1.165) is 6.07 Å². The summed E-state index contributed by atoms with van der Waals surface area (Å²) >= 11 is 5.98. The fourth-order valence-electron chi connectivity index (χ4n) is 1.77. The molecule has 21 heavy (non-hydrogen) atoms. The Labute approximate surface area is 128 Å². The Morgan fingerprint density at radius 3 is 2.57 bits per heavy atom. The predicted octanol–water partition coefficient (Wildman–Crippen LogP) is 3.16. The van der Waals surface area contributed by atoms with E-state index in [1.54, 1.807) is 13.0 Å². The van der Waals surface area contributed by atoms with Gasteiger partial charge in [-0.1, -0.05) is 17.7 Å². The van der Waals surface area contributed by atoms with Crippen molar-refractivity contribution in [2.75, 3.05) is 11.8 Å². The molecule has 0 aliphatic carbocycles. The molecular formula is C14H14ClNO4S. The minimum absolute atomic E-state index is 0.0443. The second-order valence-corrected chi connectivity index (χ2v) is 6.49. The molecule has 0 spiro atoms. The number of phenolic OH excluding ortho intramolecular Hbond substituents is 1. The van der Waals surface area contributed by atoms with Gasteiger partial charge in [0.15, 0.2) is 0 Å². The largest absolute Gasteiger partial charge is 0.508 e. The minimum atomic E-state index is -3.83. The van der Waals surface area contributed by atoms with Gasteiger partial charge in [-0.2, -0.15) is 0 Å². The van der Waals surface area contributed by atoms with Gasteiger partial charge < -0.3 is 9.84 Å². The highest BCUT2D eigenvalue weighted by Gasteiger charge is 2.18. The lowest BCUT2D eigenvalue weighted by atomic mass is 10.2. The third kappa shape index (κ3) is 3.40. The molecule has 0 aromatic heterocycles. The van der Waals surface area contributed by atoms with Gasteiger partial charge in [-0.25, -0.2) is 8.42 Å². The van der Waals surface area contributed by atoms with Crippen LogP contribution < -0.4 is 9.46 Å². The average molecular weight is 328 g/mol. The zero-order chi connectivity index (χ0) is 15.6. The number of aryl methyl sites for hydroxylation is 1. The van der Waals surface area contributed by atoms with Crippen LogP contribution >= 0.6 is 11.6 Å². The van der Waals surface area contributed by atoms with Crippen molar-refractivity contribution in [3.63, 3.8) is 0 Å². The van der Waals surface area contributed by atoms with E-state index in [2.05, 4.69) is 4.72 Å². The van der Waals surface area contributed by atoms with Crippen LogP contribution in [0.5, 0.6) is 11.5 Å². The maximum absolute atomic E-state index is 12.3. The minimum Gasteiger partial charge on any atom is -0.508 e. The van der Waals surface area contributed by atoms with E-state index in [1.807, 2.05) is 0 Å². The molecule has 0 atom stereocenters. The summed E-state index contributed by atoms with van der Waals surface area (Å²) in [7, 11) is -2.41. The van der Waals surface area contributed by atoms with Crippen molar-refractivity contribution in [3.05, 3.63) is 47.0 Å². The summed E-state index contributed by atoms with van der Waals surface area (Å²) in [6, 6.07) is 8.52. The highest BCUT2D eigenvalue weighted by Crippen LogP contribution is 2.32. The van der Waals surface area contributed by atoms with E-state index in [4.69, 9.17) is 16.3 Å². The fourth-order valence-corrected chi connectivity index (χ4v) is 3.02. The standard InChI is InChI=1S/C14H14ClNO4S/c1-9-6-13(14(20-2)8-12(9)15)16-21(18,19)11-5-3-4-10(17)7-11/h3-8,16-17H,1-2H3. The lowest BCUT2D eigenvalue weighted by Crippen LogP contribution is -2.13. The quantitative estimate of drug-likeness (QED) is 0.904. The lowest BCUT2D eigenvalue weighted by Gasteiger charge is -2.13. The van der Waals surface area contributed by atoms with Gasteiger partial charge in [-0.3, -0.25) is 4.72 Å². The normalized spacial score (nSPS) is 11.2. The molecule has 0 radical (unpaired) electrons. The first-order chi connectivity index (χ1) is 9.83. The highest BCUT2D eigenvalue weighted by molar-refractivity contribution is 7.92. The molecule has 0 saturated carbocycles. The van der Waals surface area contributed by atoms with Crippen LogP contribution in [-0.4, -0.2) is 20.6 Å². The summed E-state index contributed by atoms with van der Waals surface area (Å²) < 4.78 is 32.2. The molecule has 0 amide bonds. The van der Waals surface area contributed by atoms with Gasteiger partial charge in [0.1, 0.15) is 11.5 Å². The molecule has 2 N–H and O–H groups in total. The zero-order valence-electron chi connectivity index (χ0n) is 11.4. The first-order valence-electron chi connectivity index (χ1n) is 5.99. The van der Waals surface area contributed by atoms with Crippen molar-refractivity contribution in [2.24, 2.45) is 0 Å². The number of sulfonamides is 1. The Morgan fingerprint density at radius 2 is 1.95 bits per heavy atom. The van der Waals surface area contributed by atoms with E-state index in [-0.39, 0.29) is 16.3 Å². The summed E-state index contributed by atoms with van der Waals surface area (Å²) in [4.78, 5) is -0.0443. The number of ether oxygens (including phenoxy) is 1. The molecule has 0 bridgehead atoms. The molecule has 0 aliphatic heterocycles. The highest BCUT2D eigenvalue weighted by atomic mass is 35.5. The van der Waals surface area contributed by atoms with Crippen LogP contribution in [0.2, 0.25) is 5.02 Å². The predicted molar refractivity (Wildman–Crippen MR) is 81.7 cm³/mol. The van der Waals surface area contributed by atoms with Gasteiger partial charge in [0.05, 0.1) is 17.7 Å². The summed E-state index contributed by atoms with van der Waals surface area (Å²) in [5.74, 6) is 0.187. The Kier molecular flexibility index (Phi) is 4.29. The van der Waals surface area contributed by atoms with Crippen molar-refractivity contribution in [1.82, 2.24) is 0 Å². The number of rotatable bonds is 4. The molecule has 7 heteroatoms. The van der Waals surface area contributed by atoms with Crippen LogP contribution in [0.15, 0.2) is 41.3 Å². The average Bonchev–Trinajstić information content (AvgIpc) is 2.42. The molecular weight excluding hydrogens is 314 g/mol. The third-order valence-corrected chi connectivity index (χ3v) is 4.62. The number of methoxy groups -OCH3 is 1. The van der Waals surface area contributed by atoms with E-state index in [0.29, 0.717) is 16.3 Å². The van der Waals surface area contributed by atoms with Crippen molar-refractivity contribution in [2.45, 2.75) is 11.8 Å². The lowest BCUT2D eigenvalue weighted by molar-refractivity contribution is 0.417. The Hall–Kier alpha value is -1.92. The Morgan fingerprint density at radius 1 is 1.24 bits per heavy atom. The van der Waals surface area contributed by atoms with Gasteiger partial charge in [-0.15, -0.1) is 0 Å². The molecule has 2 aromatic rings. The van der Waals surface area contributed by atoms with Gasteiger partial charge in [-0.05, 0) is 30.7 Å². The van der Waals surface area contributed by atoms with Crippen molar-refractivity contribution in [1.29, 1.82) is 0 Å². The van der Waals surface area contributed by atoms with Gasteiger partial charge in [0.25, 0.3) is 10.0 Å². The van der Waals surface area contributed by atoms with Crippen LogP contribution in [0.3, 0.4) is 0 Å². The van der Waals surface area contributed by atoms with E-state index >= 15 is 0 Å². The topological polar surface area (TPSA) is 75.6 Å². The first kappa shape index (κ1) is 15.5. The number of hydrogen-bond donors (Lipinski definition) is 2. The molecule has 5 nitrogen and oxygen atoms in total. The molecule has 112 valence electrons. The van der Waals surface area contributed by atoms with Crippen LogP contribution in [0, 0.1) is 6.92 Å². The van der Waals surface area contributed by atoms with E-state index in [1.165, 1.54) is 31.4 Å². The van der Waals surface area contributed by atoms with Crippen LogP contribution in [-0.2, 0) is 10.0 Å². The van der Waals surface area contributed by atoms with E-state index in [9.17, 15) is 13.5 Å². The molecule has 2 aromatic carbocycles. The Bertz CT molecular complexity index is 775. The second-order valence-electron chi connectivity index (χ2n) is 4.40. The van der Waals surface area contributed by atoms with Crippen molar-refractivity contribution < 1.29 is 18.3 Å². The number of hydrogen-bond acceptors (Lipinski definition) is 4. The molecule has 0 fully saturated rings. The third-order valence-electron chi connectivity index (χ3n) is 2.85.